The molecular weight excluding hydrogens is 457 g/mol. The van der Waals surface area contributed by atoms with Crippen LogP contribution in [0, 0.1) is 0 Å². The molecule has 0 aromatic heterocycles. The molecule has 32 heavy (non-hydrogen) atoms. The van der Waals surface area contributed by atoms with E-state index in [2.05, 4.69) is 4.74 Å². The number of sulfonamides is 1. The van der Waals surface area contributed by atoms with E-state index in [1.54, 1.807) is 12.1 Å². The Bertz CT molecular complexity index is 1130. The zero-order valence-corrected chi connectivity index (χ0v) is 16.8. The number of nitrogens with one attached hydrogen (secondary N) is 1. The van der Waals surface area contributed by atoms with Crippen molar-refractivity contribution in [2.24, 2.45) is 0 Å². The predicted octanol–water partition coefficient (Wildman–Crippen LogP) is 2.00. The number of hydrogen-bond acceptors (Lipinski definition) is 6. The van der Waals surface area contributed by atoms with Crippen molar-refractivity contribution < 1.29 is 45.8 Å². The number of imide groups is 1. The first-order valence-corrected chi connectivity index (χ1v) is 10.4. The molecule has 2 amide bonds. The molecule has 0 spiro atoms. The summed E-state index contributed by atoms with van der Waals surface area (Å²) in [6, 6.07) is 7.44. The van der Waals surface area contributed by atoms with Crippen LogP contribution in [-0.2, 0) is 14.8 Å². The Hall–Kier alpha value is -3.45. The average molecular weight is 472 g/mol. The molecule has 3 rings (SSSR count). The van der Waals surface area contributed by atoms with Crippen LogP contribution in [0.4, 0.5) is 13.2 Å². The van der Waals surface area contributed by atoms with Crippen LogP contribution in [0.2, 0.25) is 0 Å². The number of alkyl halides is 3. The van der Waals surface area contributed by atoms with Gasteiger partial charge in [0.05, 0.1) is 16.0 Å². The van der Waals surface area contributed by atoms with E-state index in [9.17, 15) is 41.1 Å². The lowest BCUT2D eigenvalue weighted by atomic mass is 10.1. The summed E-state index contributed by atoms with van der Waals surface area (Å²) in [4.78, 5) is 36.6. The van der Waals surface area contributed by atoms with Crippen LogP contribution in [0.5, 0.6) is 5.75 Å². The molecule has 0 aliphatic carbocycles. The summed E-state index contributed by atoms with van der Waals surface area (Å²) in [6.07, 6.45) is -5.40. The van der Waals surface area contributed by atoms with Gasteiger partial charge in [-0.05, 0) is 42.8 Å². The van der Waals surface area contributed by atoms with Crippen molar-refractivity contribution in [1.82, 2.24) is 9.62 Å². The zero-order chi connectivity index (χ0) is 23.7. The molecule has 13 heteroatoms. The van der Waals surface area contributed by atoms with Gasteiger partial charge in [-0.1, -0.05) is 12.1 Å². The fraction of sp³-hybridized carbons (Fsp3) is 0.211. The molecule has 2 N–H and O–H groups in total. The normalized spacial score (nSPS) is 14.9. The summed E-state index contributed by atoms with van der Waals surface area (Å²) < 4.78 is 67.2. The van der Waals surface area contributed by atoms with Gasteiger partial charge in [0.15, 0.2) is 0 Å². The standard InChI is InChI=1S/C19H15F3N2O7S/c20-19(21,22)31-11-5-7-12(8-6-11)32(29,30)23-15(18(27)28)9-10-24-16(25)13-3-1-2-4-14(13)17(24)26/h1-8,15,23H,9-10H2,(H,27,28). The minimum Gasteiger partial charge on any atom is -0.480 e. The first kappa shape index (κ1) is 23.2. The largest absolute Gasteiger partial charge is 0.573 e. The summed E-state index contributed by atoms with van der Waals surface area (Å²) in [5.74, 6) is -3.48. The maximum absolute atomic E-state index is 12.5. The molecule has 170 valence electrons. The Morgan fingerprint density at radius 1 is 1.03 bits per heavy atom. The molecule has 9 nitrogen and oxygen atoms in total. The van der Waals surface area contributed by atoms with Gasteiger partial charge in [-0.25, -0.2) is 8.42 Å². The highest BCUT2D eigenvalue weighted by Crippen LogP contribution is 2.25. The van der Waals surface area contributed by atoms with E-state index in [1.165, 1.54) is 12.1 Å². The second-order valence-electron chi connectivity index (χ2n) is 6.63. The fourth-order valence-electron chi connectivity index (χ4n) is 3.01. The van der Waals surface area contributed by atoms with E-state index in [0.29, 0.717) is 0 Å². The lowest BCUT2D eigenvalue weighted by molar-refractivity contribution is -0.274. The number of benzene rings is 2. The molecule has 2 aromatic rings. The van der Waals surface area contributed by atoms with Crippen molar-refractivity contribution in [2.75, 3.05) is 6.54 Å². The summed E-state index contributed by atoms with van der Waals surface area (Å²) in [6.45, 7) is -0.371. The number of rotatable bonds is 8. The van der Waals surface area contributed by atoms with Gasteiger partial charge < -0.3 is 9.84 Å². The molecule has 1 heterocycles. The molecule has 0 radical (unpaired) electrons. The SMILES string of the molecule is O=C(O)C(CCN1C(=O)c2ccccc2C1=O)NS(=O)(=O)c1ccc(OC(F)(F)F)cc1. The van der Waals surface area contributed by atoms with Crippen LogP contribution in [0.25, 0.3) is 0 Å². The van der Waals surface area contributed by atoms with Crippen LogP contribution in [0.1, 0.15) is 27.1 Å². The van der Waals surface area contributed by atoms with E-state index in [-0.39, 0.29) is 17.7 Å². The van der Waals surface area contributed by atoms with Gasteiger partial charge in [0.1, 0.15) is 11.8 Å². The second-order valence-corrected chi connectivity index (χ2v) is 8.34. The third-order valence-corrected chi connectivity index (χ3v) is 5.97. The first-order valence-electron chi connectivity index (χ1n) is 8.95. The molecule has 0 saturated heterocycles. The van der Waals surface area contributed by atoms with Gasteiger partial charge in [-0.15, -0.1) is 13.2 Å². The first-order chi connectivity index (χ1) is 14.9. The Morgan fingerprint density at radius 3 is 2.03 bits per heavy atom. The van der Waals surface area contributed by atoms with Crippen LogP contribution in [0.3, 0.4) is 0 Å². The molecule has 1 aliphatic heterocycles. The zero-order valence-electron chi connectivity index (χ0n) is 16.0. The molecule has 1 unspecified atom stereocenters. The number of nitrogens with zero attached hydrogens (tertiary/aromatic N) is 1. The number of halogens is 3. The number of ether oxygens (including phenoxy) is 1. The van der Waals surface area contributed by atoms with Crippen molar-refractivity contribution in [3.05, 3.63) is 59.7 Å². The van der Waals surface area contributed by atoms with E-state index in [0.717, 1.165) is 29.2 Å². The third kappa shape index (κ3) is 5.06. The minimum absolute atomic E-state index is 0.158. The maximum Gasteiger partial charge on any atom is 0.573 e. The highest BCUT2D eigenvalue weighted by Gasteiger charge is 2.36. The summed E-state index contributed by atoms with van der Waals surface area (Å²) in [5, 5.41) is 9.37. The van der Waals surface area contributed by atoms with Crippen LogP contribution in [-0.4, -0.2) is 55.2 Å². The summed E-state index contributed by atoms with van der Waals surface area (Å²) in [5.41, 5.74) is 0.317. The number of fused-ring (bicyclic) bond motifs is 1. The average Bonchev–Trinajstić information content (AvgIpc) is 2.95. The van der Waals surface area contributed by atoms with Crippen molar-refractivity contribution >= 4 is 27.8 Å². The second kappa shape index (κ2) is 8.59. The van der Waals surface area contributed by atoms with E-state index >= 15 is 0 Å². The molecule has 2 aromatic carbocycles. The van der Waals surface area contributed by atoms with Gasteiger partial charge >= 0.3 is 12.3 Å². The van der Waals surface area contributed by atoms with E-state index < -0.39 is 57.3 Å². The van der Waals surface area contributed by atoms with Crippen molar-refractivity contribution in [1.29, 1.82) is 0 Å². The topological polar surface area (TPSA) is 130 Å². The molecule has 0 bridgehead atoms. The number of hydrogen-bond donors (Lipinski definition) is 2. The molecule has 0 fully saturated rings. The van der Waals surface area contributed by atoms with Crippen molar-refractivity contribution in [3.8, 4) is 5.75 Å². The number of carboxylic acids is 1. The summed E-state index contributed by atoms with van der Waals surface area (Å²) in [7, 11) is -4.45. The molecule has 1 aliphatic rings. The Kier molecular flexibility index (Phi) is 6.23. The van der Waals surface area contributed by atoms with Gasteiger partial charge in [-0.3, -0.25) is 19.3 Å². The van der Waals surface area contributed by atoms with Crippen molar-refractivity contribution in [2.45, 2.75) is 23.7 Å². The quantitative estimate of drug-likeness (QED) is 0.562. The minimum atomic E-state index is -4.96. The lowest BCUT2D eigenvalue weighted by Crippen LogP contribution is -2.43. The van der Waals surface area contributed by atoms with Gasteiger partial charge in [0.25, 0.3) is 11.8 Å². The third-order valence-electron chi connectivity index (χ3n) is 4.48. The molecular formula is C19H15F3N2O7S. The highest BCUT2D eigenvalue weighted by molar-refractivity contribution is 7.89. The molecule has 1 atom stereocenters. The number of carbonyl (C=O) groups excluding carboxylic acids is 2. The van der Waals surface area contributed by atoms with Gasteiger partial charge in [0, 0.05) is 6.54 Å². The smallest absolute Gasteiger partial charge is 0.480 e. The number of aliphatic carboxylic acids is 1. The van der Waals surface area contributed by atoms with Crippen LogP contribution >= 0.6 is 0 Å². The number of amides is 2. The fourth-order valence-corrected chi connectivity index (χ4v) is 4.23. The van der Waals surface area contributed by atoms with Gasteiger partial charge in [0.2, 0.25) is 10.0 Å². The lowest BCUT2D eigenvalue weighted by Gasteiger charge is -2.19. The number of carboxylic acid groups (broad SMARTS) is 1. The highest BCUT2D eigenvalue weighted by atomic mass is 32.2. The Balaban J connectivity index is 1.69. The Morgan fingerprint density at radius 2 is 1.56 bits per heavy atom. The van der Waals surface area contributed by atoms with E-state index in [1.807, 2.05) is 4.72 Å². The predicted molar refractivity (Wildman–Crippen MR) is 101 cm³/mol. The van der Waals surface area contributed by atoms with Gasteiger partial charge in [-0.2, -0.15) is 4.72 Å². The monoisotopic (exact) mass is 472 g/mol. The molecule has 0 saturated carbocycles. The summed E-state index contributed by atoms with van der Waals surface area (Å²) >= 11 is 0. The van der Waals surface area contributed by atoms with Crippen LogP contribution < -0.4 is 9.46 Å². The number of carbonyl (C=O) groups is 3. The van der Waals surface area contributed by atoms with Crippen LogP contribution in [0.15, 0.2) is 53.4 Å². The maximum atomic E-state index is 12.5. The van der Waals surface area contributed by atoms with Crippen molar-refractivity contribution in [3.63, 3.8) is 0 Å². The van der Waals surface area contributed by atoms with E-state index in [4.69, 9.17) is 0 Å². The Labute approximate surface area is 179 Å².